The molecule has 37 atom stereocenters. The van der Waals surface area contributed by atoms with Crippen LogP contribution in [0, 0.1) is 56.2 Å². The van der Waals surface area contributed by atoms with Crippen LogP contribution in [0.5, 0.6) is 0 Å². The molecular formula is C64H104O30. The Morgan fingerprint density at radius 3 is 1.74 bits per heavy atom. The van der Waals surface area contributed by atoms with Crippen LogP contribution in [0.15, 0.2) is 0 Å². The zero-order chi connectivity index (χ0) is 68.8. The molecule has 30 heteroatoms. The quantitative estimate of drug-likeness (QED) is 0.0545. The van der Waals surface area contributed by atoms with Gasteiger partial charge in [-0.1, -0.05) is 62.3 Å². The average Bonchev–Trinajstić information content (AvgIpc) is 1.40. The second-order valence-electron chi connectivity index (χ2n) is 31.4. The van der Waals surface area contributed by atoms with Gasteiger partial charge in [0, 0.05) is 11.3 Å². The van der Waals surface area contributed by atoms with Gasteiger partial charge in [0.1, 0.15) is 110 Å². The van der Waals surface area contributed by atoms with Crippen molar-refractivity contribution in [1.82, 2.24) is 0 Å². The van der Waals surface area contributed by atoms with Gasteiger partial charge in [0.25, 0.3) is 0 Å². The topological polar surface area (TPSA) is 469 Å². The summed E-state index contributed by atoms with van der Waals surface area (Å²) in [6.07, 6.45) is -45.3. The van der Waals surface area contributed by atoms with Crippen LogP contribution >= 0.6 is 0 Å². The van der Waals surface area contributed by atoms with Gasteiger partial charge in [-0.25, -0.2) is 4.79 Å². The number of esters is 1. The van der Waals surface area contributed by atoms with E-state index in [4.69, 9.17) is 56.8 Å². The summed E-state index contributed by atoms with van der Waals surface area (Å²) in [5.41, 5.74) is -5.02. The Morgan fingerprint density at radius 1 is 0.543 bits per heavy atom. The van der Waals surface area contributed by atoms with Crippen molar-refractivity contribution in [3.05, 3.63) is 0 Å². The van der Waals surface area contributed by atoms with Crippen molar-refractivity contribution in [3.8, 4) is 0 Å². The highest BCUT2D eigenvalue weighted by Gasteiger charge is 2.84. The van der Waals surface area contributed by atoms with Gasteiger partial charge >= 0.3 is 11.9 Å². The third-order valence-corrected chi connectivity index (χ3v) is 25.5. The second-order valence-corrected chi connectivity index (χ2v) is 31.4. The minimum Gasteiger partial charge on any atom is -0.479 e. The SMILES string of the molecule is CCC(C)C(=O)O[C@H]1CC(C)(C)C[C@@H]2[C@@]13[C@H](O)C[C@]1(C)[C@@]2(CC[C@@H]2[C@@]4(C)CC[C@H](O[C@@H]5O[C@H](C(=O)O)[C@@H](O)[C@H](O[C@@H]6O[C@H](CO)[C@H](O)[C@H](O)[C@H]6O[C@@H]6O[C@@H](C)[C@H](O)[C@@H](O)[C@H]6O[C@@H]6OC[C@@H](O)[C@H](O)[C@H]6O)[C@H]5O[C@@H]5O[C@H](CO)[C@H](O)[C@H](O)[C@H]5O)C(C)(C)[C@@H]4CC[C@]21C)O[C@@H]3O. The standard InChI is InChI=1S/C64H104O30/c1-11-24(2)51(81)87-34-20-58(4,5)18-31-63-17-13-30-60(8)15-14-33(59(6,7)29(60)12-16-61(30,9)62(63,10)19-32(68)64(31,34)57(82)94-63)88-56-49(93-53-43(77)39(73)37(71)27(21-65)85-53)45(44(78)46(90-56)50(79)80)89-55-48(41(75)38(72)28(22-66)86-55)92-54-47(40(74)35(69)25(3)84-54)91-52-42(76)36(70)26(67)23-83-52/h24-49,52-57,65-78,82H,11-23H2,1-10H3,(H,79,80)/t24?,25-,26+,27+,28+,29-,30+,31-,32+,33-,34-,35-,36-,37-,38-,39-,40+,41-,42+,43+,44-,45-,46-,47+,48+,49+,52-,53-,54-,55-,56+,57-,60-,61+,62-,63-,64+/m0/s1. The molecule has 0 aromatic rings. The van der Waals surface area contributed by atoms with Gasteiger partial charge in [0.05, 0.1) is 55.1 Å². The summed E-state index contributed by atoms with van der Waals surface area (Å²) in [4.78, 5) is 27.1. The van der Waals surface area contributed by atoms with E-state index in [2.05, 4.69) is 34.6 Å². The minimum atomic E-state index is -2.34. The largest absolute Gasteiger partial charge is 0.479 e. The normalized spacial score (nSPS) is 54.9. The van der Waals surface area contributed by atoms with Crippen molar-refractivity contribution in [1.29, 1.82) is 0 Å². The van der Waals surface area contributed by atoms with Gasteiger partial charge in [0.2, 0.25) is 0 Å². The van der Waals surface area contributed by atoms with Crippen molar-refractivity contribution < 1.29 is 148 Å². The molecule has 11 rings (SSSR count). The molecule has 11 fully saturated rings. The third kappa shape index (κ3) is 11.5. The number of carboxylic acids is 1. The molecule has 6 saturated heterocycles. The van der Waals surface area contributed by atoms with Gasteiger partial charge in [-0.05, 0) is 105 Å². The first-order valence-corrected chi connectivity index (χ1v) is 33.6. The summed E-state index contributed by atoms with van der Waals surface area (Å²) in [7, 11) is 0. The molecule has 11 aliphatic rings. The molecule has 1 spiro atoms. The zero-order valence-corrected chi connectivity index (χ0v) is 55.0. The number of hydrogen-bond acceptors (Lipinski definition) is 29. The molecule has 5 aliphatic carbocycles. The molecule has 16 N–H and O–H groups in total. The van der Waals surface area contributed by atoms with E-state index in [1.807, 2.05) is 27.7 Å². The Balaban J connectivity index is 0.907. The fourth-order valence-electron chi connectivity index (χ4n) is 20.0. The van der Waals surface area contributed by atoms with Gasteiger partial charge in [-0.3, -0.25) is 4.79 Å². The second kappa shape index (κ2) is 26.4. The van der Waals surface area contributed by atoms with Crippen molar-refractivity contribution in [2.24, 2.45) is 56.2 Å². The van der Waals surface area contributed by atoms with E-state index >= 15 is 0 Å². The molecule has 5 saturated carbocycles. The van der Waals surface area contributed by atoms with Gasteiger partial charge in [-0.15, -0.1) is 0 Å². The fraction of sp³-hybridized carbons (Fsp3) is 0.969. The number of aliphatic carboxylic acids is 1. The summed E-state index contributed by atoms with van der Waals surface area (Å²) in [5.74, 6) is -3.03. The number of fused-ring (bicyclic) bond motifs is 4. The van der Waals surface area contributed by atoms with Crippen LogP contribution in [0.4, 0.5) is 0 Å². The van der Waals surface area contributed by atoms with E-state index in [1.165, 1.54) is 6.92 Å². The Kier molecular flexibility index (Phi) is 20.5. The predicted octanol–water partition coefficient (Wildman–Crippen LogP) is -2.88. The lowest BCUT2D eigenvalue weighted by Gasteiger charge is -2.75. The molecule has 0 radical (unpaired) electrons. The van der Waals surface area contributed by atoms with Gasteiger partial charge in [0.15, 0.2) is 43.8 Å². The van der Waals surface area contributed by atoms with Crippen LogP contribution in [0.2, 0.25) is 0 Å². The van der Waals surface area contributed by atoms with Crippen molar-refractivity contribution in [2.45, 2.75) is 311 Å². The lowest BCUT2D eigenvalue weighted by atomic mass is 9.30. The Hall–Kier alpha value is -2.10. The lowest BCUT2D eigenvalue weighted by Crippen LogP contribution is -2.75. The smallest absolute Gasteiger partial charge is 0.335 e. The molecule has 0 aromatic carbocycles. The molecule has 6 heterocycles. The van der Waals surface area contributed by atoms with E-state index in [0.29, 0.717) is 57.8 Å². The van der Waals surface area contributed by atoms with Crippen molar-refractivity contribution in [3.63, 3.8) is 0 Å². The summed E-state index contributed by atoms with van der Waals surface area (Å²) in [6.45, 7) is 17.7. The molecule has 2 bridgehead atoms. The highest BCUT2D eigenvalue weighted by atomic mass is 16.8. The van der Waals surface area contributed by atoms with E-state index in [9.17, 15) is 91.3 Å². The highest BCUT2D eigenvalue weighted by molar-refractivity contribution is 5.73. The Labute approximate surface area is 545 Å². The first-order chi connectivity index (χ1) is 43.9. The number of hydrogen-bond donors (Lipinski definition) is 16. The maximum Gasteiger partial charge on any atom is 0.335 e. The monoisotopic (exact) mass is 1350 g/mol. The summed E-state index contributed by atoms with van der Waals surface area (Å²) >= 11 is 0. The number of carbonyl (C=O) groups is 2. The van der Waals surface area contributed by atoms with Crippen molar-refractivity contribution >= 4 is 11.9 Å². The van der Waals surface area contributed by atoms with E-state index in [1.54, 1.807) is 0 Å². The average molecular weight is 1350 g/mol. The number of aliphatic hydroxyl groups is 15. The fourth-order valence-corrected chi connectivity index (χ4v) is 20.0. The summed E-state index contributed by atoms with van der Waals surface area (Å²) in [6, 6.07) is 0. The van der Waals surface area contributed by atoms with E-state index in [0.717, 1.165) is 0 Å². The highest BCUT2D eigenvalue weighted by Crippen LogP contribution is 2.81. The molecule has 0 amide bonds. The number of aliphatic hydroxyl groups excluding tert-OH is 15. The van der Waals surface area contributed by atoms with E-state index in [-0.39, 0.29) is 35.6 Å². The van der Waals surface area contributed by atoms with E-state index < -0.39 is 236 Å². The molecule has 540 valence electrons. The van der Waals surface area contributed by atoms with Crippen LogP contribution in [0.1, 0.15) is 133 Å². The lowest BCUT2D eigenvalue weighted by molar-refractivity contribution is -0.411. The molecule has 94 heavy (non-hydrogen) atoms. The van der Waals surface area contributed by atoms with Crippen LogP contribution in [-0.2, 0) is 66.4 Å². The number of carboxylic acid groups (broad SMARTS) is 1. The third-order valence-electron chi connectivity index (χ3n) is 25.5. The maximum atomic E-state index is 13.7. The minimum absolute atomic E-state index is 0.00225. The van der Waals surface area contributed by atoms with Gasteiger partial charge in [-0.2, -0.15) is 0 Å². The Morgan fingerprint density at radius 2 is 1.11 bits per heavy atom. The molecule has 0 aromatic heterocycles. The molecular weight excluding hydrogens is 1250 g/mol. The van der Waals surface area contributed by atoms with Crippen LogP contribution < -0.4 is 0 Å². The Bertz CT molecular complexity index is 2670. The molecule has 6 aliphatic heterocycles. The number of rotatable bonds is 16. The first kappa shape index (κ1) is 73.1. The maximum absolute atomic E-state index is 13.7. The number of carbonyl (C=O) groups excluding carboxylic acids is 1. The van der Waals surface area contributed by atoms with Crippen LogP contribution in [0.25, 0.3) is 0 Å². The number of ether oxygens (including phenoxy) is 12. The van der Waals surface area contributed by atoms with Gasteiger partial charge < -0.3 is 139 Å². The first-order valence-electron chi connectivity index (χ1n) is 33.6. The van der Waals surface area contributed by atoms with Crippen LogP contribution in [-0.4, -0.2) is 291 Å². The predicted molar refractivity (Wildman–Crippen MR) is 314 cm³/mol. The van der Waals surface area contributed by atoms with Crippen LogP contribution in [0.3, 0.4) is 0 Å². The molecule has 30 nitrogen and oxygen atoms in total. The summed E-state index contributed by atoms with van der Waals surface area (Å²) in [5, 5.41) is 180. The van der Waals surface area contributed by atoms with Crippen molar-refractivity contribution in [2.75, 3.05) is 19.8 Å². The summed E-state index contributed by atoms with van der Waals surface area (Å²) < 4.78 is 75.0. The zero-order valence-electron chi connectivity index (χ0n) is 55.0. The molecule has 1 unspecified atom stereocenters.